The van der Waals surface area contributed by atoms with Gasteiger partial charge in [0.05, 0.1) is 24.6 Å². The third kappa shape index (κ3) is 7.31. The second-order valence-electron chi connectivity index (χ2n) is 6.94. The van der Waals surface area contributed by atoms with Gasteiger partial charge in [-0.05, 0) is 19.2 Å². The van der Waals surface area contributed by atoms with Gasteiger partial charge in [0, 0.05) is 56.3 Å². The first-order valence-electron chi connectivity index (χ1n) is 9.14. The van der Waals surface area contributed by atoms with Gasteiger partial charge in [-0.3, -0.25) is 24.4 Å². The van der Waals surface area contributed by atoms with Crippen LogP contribution >= 0.6 is 0 Å². The number of aromatic nitrogens is 1. The third-order valence-corrected chi connectivity index (χ3v) is 4.93. The Bertz CT molecular complexity index is 628. The van der Waals surface area contributed by atoms with E-state index in [4.69, 9.17) is 0 Å². The molecule has 10 nitrogen and oxygen atoms in total. The van der Waals surface area contributed by atoms with E-state index in [1.807, 2.05) is 11.9 Å². The summed E-state index contributed by atoms with van der Waals surface area (Å²) in [6.07, 6.45) is 0. The Morgan fingerprint density at radius 2 is 1.34 bits per heavy atom. The number of nitrogens with zero attached hydrogens (tertiary/aromatic N) is 4. The summed E-state index contributed by atoms with van der Waals surface area (Å²) in [6, 6.07) is 3.28. The fourth-order valence-corrected chi connectivity index (χ4v) is 3.22. The summed E-state index contributed by atoms with van der Waals surface area (Å²) in [5, 5.41) is 37.8. The van der Waals surface area contributed by atoms with E-state index < -0.39 is 37.2 Å². The van der Waals surface area contributed by atoms with Crippen LogP contribution in [-0.4, -0.2) is 111 Å². The maximum Gasteiger partial charge on any atom is 0.323 e. The van der Waals surface area contributed by atoms with Crippen molar-refractivity contribution in [2.75, 3.05) is 46.4 Å². The summed E-state index contributed by atoms with van der Waals surface area (Å²) in [6.45, 7) is 1.39. The van der Waals surface area contributed by atoms with Crippen molar-refractivity contribution >= 4 is 11.9 Å². The van der Waals surface area contributed by atoms with E-state index in [1.54, 1.807) is 28.0 Å². The number of aliphatic carboxylic acids is 2. The van der Waals surface area contributed by atoms with Crippen molar-refractivity contribution in [2.24, 2.45) is 0 Å². The van der Waals surface area contributed by atoms with Gasteiger partial charge in [-0.15, -0.1) is 0 Å². The van der Waals surface area contributed by atoms with Crippen LogP contribution in [0.15, 0.2) is 18.2 Å². The van der Waals surface area contributed by atoms with Crippen LogP contribution in [0.3, 0.4) is 0 Å². The first-order chi connectivity index (χ1) is 13.3. The van der Waals surface area contributed by atoms with Crippen LogP contribution in [0.1, 0.15) is 11.4 Å². The molecule has 1 aromatic heterocycles. The fraction of sp³-hybridized carbons (Fsp3) is 0.611. The van der Waals surface area contributed by atoms with Crippen LogP contribution in [0, 0.1) is 0 Å². The SMILES string of the molecule is CN1CCN(C(CO)C(=O)O)Cc2cccc(n2)CN(C(CO)C(=O)O)CC1.[Mn]. The summed E-state index contributed by atoms with van der Waals surface area (Å²) in [5.74, 6) is -2.18. The molecule has 2 bridgehead atoms. The summed E-state index contributed by atoms with van der Waals surface area (Å²) in [4.78, 5) is 32.9. The molecule has 0 saturated heterocycles. The van der Waals surface area contributed by atoms with Crippen LogP contribution in [0.25, 0.3) is 0 Å². The van der Waals surface area contributed by atoms with Crippen LogP contribution in [0.2, 0.25) is 0 Å². The van der Waals surface area contributed by atoms with Crippen LogP contribution in [0.5, 0.6) is 0 Å². The predicted molar refractivity (Wildman–Crippen MR) is 99.6 cm³/mol. The number of aliphatic hydroxyl groups excluding tert-OH is 2. The third-order valence-electron chi connectivity index (χ3n) is 4.93. The molecule has 1 radical (unpaired) electrons. The number of fused-ring (bicyclic) bond motifs is 2. The molecule has 2 atom stereocenters. The maximum atomic E-state index is 11.5. The van der Waals surface area contributed by atoms with E-state index >= 15 is 0 Å². The van der Waals surface area contributed by atoms with Crippen molar-refractivity contribution in [3.05, 3.63) is 29.6 Å². The van der Waals surface area contributed by atoms with Crippen molar-refractivity contribution < 1.29 is 47.1 Å². The second kappa shape index (κ2) is 12.2. The van der Waals surface area contributed by atoms with Crippen LogP contribution in [-0.2, 0) is 39.7 Å². The molecule has 1 aliphatic rings. The molecule has 2 unspecified atom stereocenters. The monoisotopic (exact) mass is 451 g/mol. The minimum absolute atomic E-state index is 0. The summed E-state index contributed by atoms with van der Waals surface area (Å²) < 4.78 is 0. The molecule has 0 aromatic carbocycles. The zero-order valence-electron chi connectivity index (χ0n) is 16.3. The van der Waals surface area contributed by atoms with Gasteiger partial charge in [-0.25, -0.2) is 0 Å². The summed E-state index contributed by atoms with van der Waals surface area (Å²) >= 11 is 0. The molecule has 4 N–H and O–H groups in total. The minimum Gasteiger partial charge on any atom is -0.480 e. The standard InChI is InChI=1S/C18H28N4O6.Mn/c1-20-5-7-21(15(11-23)17(25)26)9-13-3-2-4-14(19-13)10-22(8-6-20)16(12-24)18(27)28;/h2-4,15-16,23-24H,5-12H2,1H3,(H,25,26)(H,27,28);. The number of hydrogen-bond donors (Lipinski definition) is 4. The Morgan fingerprint density at radius 3 is 1.69 bits per heavy atom. The molecule has 11 heteroatoms. The van der Waals surface area contributed by atoms with E-state index in [0.717, 1.165) is 0 Å². The van der Waals surface area contributed by atoms with Gasteiger partial charge in [-0.1, -0.05) is 6.07 Å². The average Bonchev–Trinajstić information content (AvgIpc) is 2.64. The number of carboxylic acids is 2. The van der Waals surface area contributed by atoms with Gasteiger partial charge >= 0.3 is 11.9 Å². The molecule has 0 saturated carbocycles. The summed E-state index contributed by atoms with van der Waals surface area (Å²) in [5.41, 5.74) is 1.27. The van der Waals surface area contributed by atoms with Crippen molar-refractivity contribution in [2.45, 2.75) is 25.2 Å². The normalized spacial score (nSPS) is 19.3. The Morgan fingerprint density at radius 1 is 0.931 bits per heavy atom. The Labute approximate surface area is 180 Å². The first-order valence-corrected chi connectivity index (χ1v) is 9.14. The van der Waals surface area contributed by atoms with E-state index in [9.17, 15) is 30.0 Å². The van der Waals surface area contributed by atoms with Gasteiger partial charge in [0.15, 0.2) is 0 Å². The largest absolute Gasteiger partial charge is 0.480 e. The average molecular weight is 451 g/mol. The quantitative estimate of drug-likeness (QED) is 0.379. The van der Waals surface area contributed by atoms with E-state index in [0.29, 0.717) is 37.6 Å². The van der Waals surface area contributed by atoms with E-state index in [-0.39, 0.29) is 30.2 Å². The molecule has 0 fully saturated rings. The Balaban J connectivity index is 0.00000420. The topological polar surface area (TPSA) is 138 Å². The number of carbonyl (C=O) groups is 2. The molecule has 29 heavy (non-hydrogen) atoms. The molecular weight excluding hydrogens is 423 g/mol. The molecule has 0 aliphatic carbocycles. The van der Waals surface area contributed by atoms with Crippen molar-refractivity contribution in [1.29, 1.82) is 0 Å². The van der Waals surface area contributed by atoms with Crippen molar-refractivity contribution in [3.63, 3.8) is 0 Å². The molecule has 0 spiro atoms. The Hall–Kier alpha value is -1.59. The molecule has 0 amide bonds. The van der Waals surface area contributed by atoms with Gasteiger partial charge in [0.1, 0.15) is 12.1 Å². The van der Waals surface area contributed by atoms with Crippen LogP contribution < -0.4 is 0 Å². The number of likely N-dealkylation sites (N-methyl/N-ethyl adjacent to an activating group) is 1. The van der Waals surface area contributed by atoms with Gasteiger partial charge < -0.3 is 25.3 Å². The van der Waals surface area contributed by atoms with E-state index in [2.05, 4.69) is 4.98 Å². The number of aliphatic hydroxyl groups is 2. The predicted octanol–water partition coefficient (Wildman–Crippen LogP) is -1.48. The number of carboxylic acid groups (broad SMARTS) is 2. The zero-order valence-corrected chi connectivity index (χ0v) is 17.5. The van der Waals surface area contributed by atoms with Gasteiger partial charge in [-0.2, -0.15) is 0 Å². The molecule has 2 heterocycles. The number of pyridine rings is 1. The maximum absolute atomic E-state index is 11.5. The molecule has 1 aromatic rings. The smallest absolute Gasteiger partial charge is 0.323 e. The minimum atomic E-state index is -1.09. The van der Waals surface area contributed by atoms with Gasteiger partial charge in [0.2, 0.25) is 0 Å². The van der Waals surface area contributed by atoms with Crippen molar-refractivity contribution in [3.8, 4) is 0 Å². The van der Waals surface area contributed by atoms with Crippen LogP contribution in [0.4, 0.5) is 0 Å². The first kappa shape index (κ1) is 25.4. The number of hydrogen-bond acceptors (Lipinski definition) is 8. The summed E-state index contributed by atoms with van der Waals surface area (Å²) in [7, 11) is 1.86. The Kier molecular flexibility index (Phi) is 10.7. The van der Waals surface area contributed by atoms with Gasteiger partial charge in [0.25, 0.3) is 0 Å². The molecule has 2 rings (SSSR count). The fourth-order valence-electron chi connectivity index (χ4n) is 3.22. The number of rotatable bonds is 6. The molecular formula is C18H28MnN4O6. The van der Waals surface area contributed by atoms with E-state index in [1.165, 1.54) is 0 Å². The van der Waals surface area contributed by atoms with Crippen molar-refractivity contribution in [1.82, 2.24) is 19.7 Å². The second-order valence-corrected chi connectivity index (χ2v) is 6.94. The molecule has 163 valence electrons. The molecule has 1 aliphatic heterocycles. The zero-order chi connectivity index (χ0) is 20.7.